The van der Waals surface area contributed by atoms with Crippen molar-refractivity contribution < 1.29 is 9.90 Å². The summed E-state index contributed by atoms with van der Waals surface area (Å²) in [5, 5.41) is 14.5. The van der Waals surface area contributed by atoms with Gasteiger partial charge in [0.2, 0.25) is 5.91 Å². The fourth-order valence-electron chi connectivity index (χ4n) is 2.26. The number of fused-ring (bicyclic) bond motifs is 1. The molecule has 0 atom stereocenters. The number of rotatable bonds is 4. The summed E-state index contributed by atoms with van der Waals surface area (Å²) in [4.78, 5) is 15.1. The summed E-state index contributed by atoms with van der Waals surface area (Å²) < 4.78 is 0. The molecule has 1 aromatic heterocycles. The molecule has 2 aromatic carbocycles. The van der Waals surface area contributed by atoms with Crippen molar-refractivity contribution in [2.45, 2.75) is 6.42 Å². The highest BCUT2D eigenvalue weighted by Gasteiger charge is 2.07. The Kier molecular flexibility index (Phi) is 3.87. The van der Waals surface area contributed by atoms with Crippen molar-refractivity contribution in [3.8, 4) is 5.75 Å². The number of para-hydroxylation sites is 2. The second-order valence-electron chi connectivity index (χ2n) is 4.89. The van der Waals surface area contributed by atoms with Crippen molar-refractivity contribution in [3.05, 3.63) is 65.9 Å². The first kappa shape index (κ1) is 13.9. The fraction of sp³-hybridized carbons (Fsp3) is 0.0588. The molecule has 0 unspecified atom stereocenters. The van der Waals surface area contributed by atoms with E-state index in [1.165, 1.54) is 6.21 Å². The average Bonchev–Trinajstić information content (AvgIpc) is 2.92. The van der Waals surface area contributed by atoms with Crippen LogP contribution in [0, 0.1) is 0 Å². The van der Waals surface area contributed by atoms with Crippen LogP contribution < -0.4 is 5.43 Å². The number of benzene rings is 2. The van der Waals surface area contributed by atoms with Gasteiger partial charge in [0.25, 0.3) is 0 Å². The Balaban J connectivity index is 1.65. The summed E-state index contributed by atoms with van der Waals surface area (Å²) in [5.41, 5.74) is 4.94. The van der Waals surface area contributed by atoms with Gasteiger partial charge < -0.3 is 10.1 Å². The van der Waals surface area contributed by atoms with E-state index in [1.807, 2.05) is 30.5 Å². The van der Waals surface area contributed by atoms with Gasteiger partial charge in [0.1, 0.15) is 5.75 Å². The Morgan fingerprint density at radius 2 is 1.95 bits per heavy atom. The molecule has 1 heterocycles. The molecule has 3 rings (SSSR count). The van der Waals surface area contributed by atoms with E-state index in [2.05, 4.69) is 15.5 Å². The van der Waals surface area contributed by atoms with Gasteiger partial charge in [-0.2, -0.15) is 5.10 Å². The molecule has 0 spiro atoms. The number of carbonyl (C=O) groups is 1. The van der Waals surface area contributed by atoms with Gasteiger partial charge in [-0.1, -0.05) is 30.3 Å². The molecule has 0 aliphatic heterocycles. The predicted molar refractivity (Wildman–Crippen MR) is 85.8 cm³/mol. The van der Waals surface area contributed by atoms with Crippen LogP contribution in [-0.4, -0.2) is 22.2 Å². The largest absolute Gasteiger partial charge is 0.507 e. The minimum atomic E-state index is -0.212. The lowest BCUT2D eigenvalue weighted by molar-refractivity contribution is -0.120. The fourth-order valence-corrected chi connectivity index (χ4v) is 2.26. The lowest BCUT2D eigenvalue weighted by Crippen LogP contribution is -2.19. The van der Waals surface area contributed by atoms with Crippen molar-refractivity contribution in [1.82, 2.24) is 10.4 Å². The highest BCUT2D eigenvalue weighted by Crippen LogP contribution is 2.18. The zero-order chi connectivity index (χ0) is 15.4. The molecule has 5 heteroatoms. The number of carbonyl (C=O) groups excluding carboxylic acids is 1. The van der Waals surface area contributed by atoms with E-state index in [1.54, 1.807) is 24.3 Å². The highest BCUT2D eigenvalue weighted by molar-refractivity contribution is 5.89. The normalized spacial score (nSPS) is 11.1. The molecule has 5 nitrogen and oxygen atoms in total. The minimum absolute atomic E-state index is 0.122. The van der Waals surface area contributed by atoms with E-state index in [9.17, 15) is 9.90 Å². The first-order valence-electron chi connectivity index (χ1n) is 6.89. The molecule has 22 heavy (non-hydrogen) atoms. The maximum Gasteiger partial charge on any atom is 0.244 e. The van der Waals surface area contributed by atoms with Gasteiger partial charge in [0, 0.05) is 22.7 Å². The van der Waals surface area contributed by atoms with Crippen LogP contribution in [0.25, 0.3) is 10.9 Å². The summed E-state index contributed by atoms with van der Waals surface area (Å²) >= 11 is 0. The third-order valence-corrected chi connectivity index (χ3v) is 3.36. The smallest absolute Gasteiger partial charge is 0.244 e. The van der Waals surface area contributed by atoms with Crippen LogP contribution in [0.3, 0.4) is 0 Å². The molecule has 110 valence electrons. The van der Waals surface area contributed by atoms with Crippen molar-refractivity contribution >= 4 is 23.0 Å². The van der Waals surface area contributed by atoms with Crippen molar-refractivity contribution in [2.75, 3.05) is 0 Å². The van der Waals surface area contributed by atoms with Crippen LogP contribution in [0.1, 0.15) is 11.1 Å². The van der Waals surface area contributed by atoms with Crippen LogP contribution in [0.15, 0.2) is 59.8 Å². The highest BCUT2D eigenvalue weighted by atomic mass is 16.3. The lowest BCUT2D eigenvalue weighted by Gasteiger charge is -2.00. The van der Waals surface area contributed by atoms with Crippen molar-refractivity contribution in [2.24, 2.45) is 5.10 Å². The number of amides is 1. The molecule has 0 bridgehead atoms. The Morgan fingerprint density at radius 1 is 1.18 bits per heavy atom. The number of phenols is 1. The van der Waals surface area contributed by atoms with E-state index in [0.717, 1.165) is 16.5 Å². The van der Waals surface area contributed by atoms with Gasteiger partial charge in [-0.05, 0) is 23.8 Å². The minimum Gasteiger partial charge on any atom is -0.507 e. The molecule has 0 aliphatic carbocycles. The van der Waals surface area contributed by atoms with E-state index in [0.29, 0.717) is 5.56 Å². The van der Waals surface area contributed by atoms with Crippen LogP contribution in [-0.2, 0) is 11.2 Å². The second kappa shape index (κ2) is 6.13. The standard InChI is InChI=1S/C17H15N3O2/c21-16-8-4-1-5-12(16)11-19-20-17(22)9-13-10-18-15-7-3-2-6-14(13)15/h1-8,10-11,18,21H,9H2,(H,20,22)/b19-11+. The first-order chi connectivity index (χ1) is 10.7. The SMILES string of the molecule is O=C(Cc1c[nH]c2ccccc12)N/N=C/c1ccccc1O. The number of aromatic amines is 1. The number of aromatic nitrogens is 1. The monoisotopic (exact) mass is 293 g/mol. The van der Waals surface area contributed by atoms with Gasteiger partial charge in [0.15, 0.2) is 0 Å². The Hall–Kier alpha value is -3.08. The molecule has 0 radical (unpaired) electrons. The molecule has 3 N–H and O–H groups in total. The van der Waals surface area contributed by atoms with Gasteiger partial charge in [-0.3, -0.25) is 4.79 Å². The van der Waals surface area contributed by atoms with Crippen molar-refractivity contribution in [3.63, 3.8) is 0 Å². The third-order valence-electron chi connectivity index (χ3n) is 3.36. The molecular formula is C17H15N3O2. The third kappa shape index (κ3) is 2.98. The second-order valence-corrected chi connectivity index (χ2v) is 4.89. The number of hydrazone groups is 1. The lowest BCUT2D eigenvalue weighted by atomic mass is 10.1. The molecule has 0 aliphatic rings. The first-order valence-corrected chi connectivity index (χ1v) is 6.89. The summed E-state index contributed by atoms with van der Waals surface area (Å²) in [6.45, 7) is 0. The molecule has 0 saturated heterocycles. The van der Waals surface area contributed by atoms with Crippen LogP contribution in [0.4, 0.5) is 0 Å². The van der Waals surface area contributed by atoms with Gasteiger partial charge in [0.05, 0.1) is 12.6 Å². The summed E-state index contributed by atoms with van der Waals surface area (Å²) in [7, 11) is 0. The number of aromatic hydroxyl groups is 1. The summed E-state index contributed by atoms with van der Waals surface area (Å²) in [5.74, 6) is -0.0893. The van der Waals surface area contributed by atoms with E-state index < -0.39 is 0 Å². The molecule has 0 fully saturated rings. The van der Waals surface area contributed by atoms with E-state index >= 15 is 0 Å². The maximum atomic E-state index is 11.9. The quantitative estimate of drug-likeness (QED) is 0.510. The maximum absolute atomic E-state index is 11.9. The number of nitrogens with one attached hydrogen (secondary N) is 2. The van der Waals surface area contributed by atoms with E-state index in [-0.39, 0.29) is 18.1 Å². The Morgan fingerprint density at radius 3 is 2.82 bits per heavy atom. The van der Waals surface area contributed by atoms with Crippen LogP contribution >= 0.6 is 0 Å². The van der Waals surface area contributed by atoms with Gasteiger partial charge in [-0.25, -0.2) is 5.43 Å². The zero-order valence-corrected chi connectivity index (χ0v) is 11.8. The van der Waals surface area contributed by atoms with Crippen LogP contribution in [0.5, 0.6) is 5.75 Å². The van der Waals surface area contributed by atoms with Gasteiger partial charge >= 0.3 is 0 Å². The number of phenolic OH excluding ortho intramolecular Hbond substituents is 1. The van der Waals surface area contributed by atoms with Crippen LogP contribution in [0.2, 0.25) is 0 Å². The number of H-pyrrole nitrogens is 1. The summed E-state index contributed by atoms with van der Waals surface area (Å²) in [6.07, 6.45) is 3.49. The topological polar surface area (TPSA) is 77.5 Å². The summed E-state index contributed by atoms with van der Waals surface area (Å²) in [6, 6.07) is 14.6. The Bertz CT molecular complexity index is 837. The average molecular weight is 293 g/mol. The zero-order valence-electron chi connectivity index (χ0n) is 11.8. The van der Waals surface area contributed by atoms with Crippen molar-refractivity contribution in [1.29, 1.82) is 0 Å². The predicted octanol–water partition coefficient (Wildman–Crippen LogP) is 2.57. The number of nitrogens with zero attached hydrogens (tertiary/aromatic N) is 1. The molecule has 3 aromatic rings. The Labute approximate surface area is 127 Å². The number of hydrogen-bond donors (Lipinski definition) is 3. The molecule has 0 saturated carbocycles. The van der Waals surface area contributed by atoms with Gasteiger partial charge in [-0.15, -0.1) is 0 Å². The van der Waals surface area contributed by atoms with E-state index in [4.69, 9.17) is 0 Å². The molecule has 1 amide bonds. The molecular weight excluding hydrogens is 278 g/mol. The number of hydrogen-bond acceptors (Lipinski definition) is 3.